The lowest BCUT2D eigenvalue weighted by atomic mass is 10.0. The molecule has 0 aliphatic carbocycles. The Hall–Kier alpha value is -3.50. The lowest BCUT2D eigenvalue weighted by Crippen LogP contribution is -2.49. The van der Waals surface area contributed by atoms with Gasteiger partial charge in [0.25, 0.3) is 11.7 Å². The molecule has 0 radical (unpaired) electrons. The first-order valence-corrected chi connectivity index (χ1v) is 10.7. The summed E-state index contributed by atoms with van der Waals surface area (Å²) >= 11 is 0. The molecule has 0 saturated heterocycles. The molecule has 1 aliphatic heterocycles. The summed E-state index contributed by atoms with van der Waals surface area (Å²) in [7, 11) is 0. The van der Waals surface area contributed by atoms with E-state index in [2.05, 4.69) is 9.72 Å². The summed E-state index contributed by atoms with van der Waals surface area (Å²) in [5.74, 6) is -0.531. The standard InChI is InChI=1S/C21H19F9N4O4/c22-19(23,24)10-37-9-14(11-4-2-1-3-5-11)34-15(35)12-6-7-33(8-13(12)32-17(34)31)18(36)38-16(20(25,26)27)21(28,29)30/h1-5,14,16H,6-10H2,(H2,31,32). The van der Waals surface area contributed by atoms with Gasteiger partial charge in [-0.2, -0.15) is 39.5 Å². The topological polar surface area (TPSA) is 99.7 Å². The number of nitrogens with two attached hydrogens (primary N) is 1. The molecule has 1 aromatic carbocycles. The molecule has 1 aromatic heterocycles. The summed E-state index contributed by atoms with van der Waals surface area (Å²) < 4.78 is 124. The molecule has 1 aliphatic rings. The predicted octanol–water partition coefficient (Wildman–Crippen LogP) is 3.98. The van der Waals surface area contributed by atoms with E-state index in [1.807, 2.05) is 0 Å². The summed E-state index contributed by atoms with van der Waals surface area (Å²) in [5, 5.41) is 0. The van der Waals surface area contributed by atoms with Crippen LogP contribution in [0.4, 0.5) is 50.3 Å². The number of alkyl halides is 9. The molecule has 0 bridgehead atoms. The first-order valence-electron chi connectivity index (χ1n) is 10.7. The van der Waals surface area contributed by atoms with Gasteiger partial charge in [0, 0.05) is 12.1 Å². The number of halogens is 9. The Kier molecular flexibility index (Phi) is 8.18. The van der Waals surface area contributed by atoms with Crippen LogP contribution >= 0.6 is 0 Å². The van der Waals surface area contributed by atoms with Crippen molar-refractivity contribution in [3.8, 4) is 0 Å². The Morgan fingerprint density at radius 3 is 2.18 bits per heavy atom. The molecule has 1 unspecified atom stereocenters. The van der Waals surface area contributed by atoms with Gasteiger partial charge in [-0.05, 0) is 12.0 Å². The van der Waals surface area contributed by atoms with E-state index >= 15 is 0 Å². The van der Waals surface area contributed by atoms with Crippen molar-refractivity contribution in [1.82, 2.24) is 14.5 Å². The number of hydrogen-bond acceptors (Lipinski definition) is 6. The average molecular weight is 562 g/mol. The number of amides is 1. The summed E-state index contributed by atoms with van der Waals surface area (Å²) in [5.41, 5.74) is 5.12. The fraction of sp³-hybridized carbons (Fsp3) is 0.476. The molecule has 38 heavy (non-hydrogen) atoms. The molecule has 0 saturated carbocycles. The monoisotopic (exact) mass is 562 g/mol. The zero-order valence-electron chi connectivity index (χ0n) is 19.0. The van der Waals surface area contributed by atoms with Crippen molar-refractivity contribution in [2.24, 2.45) is 0 Å². The Labute approximate surface area is 207 Å². The van der Waals surface area contributed by atoms with Crippen molar-refractivity contribution in [2.45, 2.75) is 43.6 Å². The molecule has 17 heteroatoms. The molecule has 0 fully saturated rings. The van der Waals surface area contributed by atoms with Crippen LogP contribution in [-0.4, -0.2) is 64.9 Å². The van der Waals surface area contributed by atoms with Crippen LogP contribution in [0, 0.1) is 0 Å². The van der Waals surface area contributed by atoms with Crippen LogP contribution in [0.3, 0.4) is 0 Å². The van der Waals surface area contributed by atoms with E-state index in [0.717, 1.165) is 4.57 Å². The maximum Gasteiger partial charge on any atom is 0.434 e. The SMILES string of the molecule is Nc1nc2c(c(=O)n1C(COCC(F)(F)F)c1ccccc1)CCN(C(=O)OC(C(F)(F)F)C(F)(F)F)C2. The second-order valence-electron chi connectivity index (χ2n) is 8.15. The lowest BCUT2D eigenvalue weighted by molar-refractivity contribution is -0.308. The maximum atomic E-state index is 13.3. The van der Waals surface area contributed by atoms with Crippen molar-refractivity contribution >= 4 is 12.0 Å². The number of aromatic nitrogens is 2. The fourth-order valence-corrected chi connectivity index (χ4v) is 3.75. The third kappa shape index (κ3) is 6.87. The minimum absolute atomic E-state index is 0.0804. The zero-order chi connectivity index (χ0) is 28.5. The molecule has 3 rings (SSSR count). The van der Waals surface area contributed by atoms with Gasteiger partial charge in [-0.15, -0.1) is 0 Å². The summed E-state index contributed by atoms with van der Waals surface area (Å²) in [4.78, 5) is 29.8. The van der Waals surface area contributed by atoms with Crippen LogP contribution in [0.1, 0.15) is 22.9 Å². The van der Waals surface area contributed by atoms with Gasteiger partial charge in [-0.25, -0.2) is 9.78 Å². The maximum absolute atomic E-state index is 13.3. The van der Waals surface area contributed by atoms with Crippen LogP contribution in [0.5, 0.6) is 0 Å². The second kappa shape index (κ2) is 10.7. The highest BCUT2D eigenvalue weighted by Crippen LogP contribution is 2.36. The van der Waals surface area contributed by atoms with Crippen molar-refractivity contribution in [3.05, 3.63) is 57.5 Å². The summed E-state index contributed by atoms with van der Waals surface area (Å²) in [6.45, 7) is -3.45. The van der Waals surface area contributed by atoms with Crippen LogP contribution < -0.4 is 11.3 Å². The molecule has 0 spiro atoms. The molecular formula is C21H19F9N4O4. The first-order chi connectivity index (χ1) is 17.5. The van der Waals surface area contributed by atoms with Crippen molar-refractivity contribution in [3.63, 3.8) is 0 Å². The van der Waals surface area contributed by atoms with Gasteiger partial charge in [0.05, 0.1) is 24.9 Å². The van der Waals surface area contributed by atoms with Crippen molar-refractivity contribution in [1.29, 1.82) is 0 Å². The number of ether oxygens (including phenoxy) is 2. The normalized spacial score (nSPS) is 15.4. The van der Waals surface area contributed by atoms with Crippen molar-refractivity contribution < 1.29 is 53.8 Å². The highest BCUT2D eigenvalue weighted by atomic mass is 19.4. The molecule has 1 atom stereocenters. The number of carbonyl (C=O) groups is 1. The van der Waals surface area contributed by atoms with Gasteiger partial charge in [-0.3, -0.25) is 9.36 Å². The molecule has 2 heterocycles. The third-order valence-corrected chi connectivity index (χ3v) is 5.40. The van der Waals surface area contributed by atoms with Gasteiger partial charge in [0.1, 0.15) is 6.61 Å². The molecular weight excluding hydrogens is 543 g/mol. The van der Waals surface area contributed by atoms with Gasteiger partial charge in [-0.1, -0.05) is 30.3 Å². The smallest absolute Gasteiger partial charge is 0.426 e. The number of nitrogen functional groups attached to an aromatic ring is 1. The van der Waals surface area contributed by atoms with E-state index < -0.39 is 74.6 Å². The Balaban J connectivity index is 1.89. The van der Waals surface area contributed by atoms with Gasteiger partial charge in [0.2, 0.25) is 5.95 Å². The molecule has 8 nitrogen and oxygen atoms in total. The summed E-state index contributed by atoms with van der Waals surface area (Å²) in [6, 6.07) is 6.57. The number of rotatable bonds is 6. The number of fused-ring (bicyclic) bond motifs is 1. The predicted molar refractivity (Wildman–Crippen MR) is 111 cm³/mol. The van der Waals surface area contributed by atoms with E-state index in [0.29, 0.717) is 10.5 Å². The van der Waals surface area contributed by atoms with Gasteiger partial charge < -0.3 is 20.1 Å². The molecule has 1 amide bonds. The Morgan fingerprint density at radius 1 is 1.03 bits per heavy atom. The van der Waals surface area contributed by atoms with E-state index in [9.17, 15) is 49.1 Å². The van der Waals surface area contributed by atoms with E-state index in [4.69, 9.17) is 10.5 Å². The quantitative estimate of drug-likeness (QED) is 0.535. The number of anilines is 1. The third-order valence-electron chi connectivity index (χ3n) is 5.40. The lowest BCUT2D eigenvalue weighted by Gasteiger charge is -2.31. The fourth-order valence-electron chi connectivity index (χ4n) is 3.75. The molecule has 2 N–H and O–H groups in total. The van der Waals surface area contributed by atoms with Crippen LogP contribution in [0.2, 0.25) is 0 Å². The highest BCUT2D eigenvalue weighted by molar-refractivity contribution is 5.68. The van der Waals surface area contributed by atoms with Gasteiger partial charge in [0.15, 0.2) is 0 Å². The first kappa shape index (κ1) is 29.1. The highest BCUT2D eigenvalue weighted by Gasteiger charge is 2.60. The van der Waals surface area contributed by atoms with Crippen LogP contribution in [0.15, 0.2) is 35.1 Å². The van der Waals surface area contributed by atoms with Crippen molar-refractivity contribution in [2.75, 3.05) is 25.5 Å². The van der Waals surface area contributed by atoms with Crippen LogP contribution in [-0.2, 0) is 22.4 Å². The van der Waals surface area contributed by atoms with E-state index in [1.165, 1.54) is 12.1 Å². The average Bonchev–Trinajstić information content (AvgIpc) is 2.79. The minimum Gasteiger partial charge on any atom is -0.426 e. The Bertz CT molecular complexity index is 1180. The number of carbonyl (C=O) groups excluding carboxylic acids is 1. The second-order valence-corrected chi connectivity index (χ2v) is 8.15. The molecule has 2 aromatic rings. The van der Waals surface area contributed by atoms with E-state index in [-0.39, 0.29) is 17.7 Å². The number of hydrogen-bond donors (Lipinski definition) is 1. The molecule has 210 valence electrons. The summed E-state index contributed by atoms with van der Waals surface area (Å²) in [6.07, 6.45) is -23.1. The minimum atomic E-state index is -5.92. The zero-order valence-corrected chi connectivity index (χ0v) is 19.0. The Morgan fingerprint density at radius 2 is 1.63 bits per heavy atom. The van der Waals surface area contributed by atoms with Crippen LogP contribution in [0.25, 0.3) is 0 Å². The van der Waals surface area contributed by atoms with E-state index in [1.54, 1.807) is 18.2 Å². The number of benzene rings is 1. The largest absolute Gasteiger partial charge is 0.434 e. The van der Waals surface area contributed by atoms with Gasteiger partial charge >= 0.3 is 24.6 Å². The number of nitrogens with zero attached hydrogens (tertiary/aromatic N) is 3.